The predicted molar refractivity (Wildman–Crippen MR) is 66.5 cm³/mol. The molecule has 0 bridgehead atoms. The van der Waals surface area contributed by atoms with E-state index in [4.69, 9.17) is 22.7 Å². The van der Waals surface area contributed by atoms with Crippen LogP contribution in [0.5, 0.6) is 5.75 Å². The molecule has 0 aliphatic carbocycles. The molecule has 0 saturated carbocycles. The number of amides is 1. The van der Waals surface area contributed by atoms with Crippen molar-refractivity contribution in [1.82, 2.24) is 4.90 Å². The van der Waals surface area contributed by atoms with E-state index in [1.807, 2.05) is 0 Å². The van der Waals surface area contributed by atoms with Crippen LogP contribution in [0, 0.1) is 0 Å². The molecule has 86 valence electrons. The van der Waals surface area contributed by atoms with E-state index in [1.165, 1.54) is 4.90 Å². The molecule has 16 heavy (non-hydrogen) atoms. The van der Waals surface area contributed by atoms with Gasteiger partial charge in [-0.25, -0.2) is 0 Å². The van der Waals surface area contributed by atoms with E-state index in [1.54, 1.807) is 38.4 Å². The molecule has 0 unspecified atom stereocenters. The van der Waals surface area contributed by atoms with Crippen molar-refractivity contribution < 1.29 is 9.53 Å². The second-order valence-electron chi connectivity index (χ2n) is 3.47. The van der Waals surface area contributed by atoms with Gasteiger partial charge in [0.1, 0.15) is 10.7 Å². The zero-order chi connectivity index (χ0) is 12.1. The van der Waals surface area contributed by atoms with Gasteiger partial charge >= 0.3 is 0 Å². The maximum Gasteiger partial charge on any atom is 0.259 e. The van der Waals surface area contributed by atoms with Crippen molar-refractivity contribution >= 4 is 23.1 Å². The molecular weight excluding hydrogens is 224 g/mol. The number of ether oxygens (including phenoxy) is 1. The van der Waals surface area contributed by atoms with Crippen molar-refractivity contribution in [2.24, 2.45) is 5.73 Å². The van der Waals surface area contributed by atoms with Gasteiger partial charge in [0.2, 0.25) is 0 Å². The van der Waals surface area contributed by atoms with Gasteiger partial charge in [-0.3, -0.25) is 4.79 Å². The van der Waals surface area contributed by atoms with Gasteiger partial charge in [-0.2, -0.15) is 0 Å². The lowest BCUT2D eigenvalue weighted by atomic mass is 10.2. The number of benzene rings is 1. The minimum atomic E-state index is -0.0965. The SMILES string of the molecule is CN(C)C(=O)COc1cccc(C(N)=S)c1. The van der Waals surface area contributed by atoms with Crippen LogP contribution in [-0.4, -0.2) is 36.5 Å². The smallest absolute Gasteiger partial charge is 0.259 e. The summed E-state index contributed by atoms with van der Waals surface area (Å²) in [6, 6.07) is 7.04. The van der Waals surface area contributed by atoms with Gasteiger partial charge in [-0.15, -0.1) is 0 Å². The summed E-state index contributed by atoms with van der Waals surface area (Å²) in [5.41, 5.74) is 6.21. The lowest BCUT2D eigenvalue weighted by molar-refractivity contribution is -0.130. The van der Waals surface area contributed by atoms with Crippen LogP contribution in [0.15, 0.2) is 24.3 Å². The van der Waals surface area contributed by atoms with Crippen molar-refractivity contribution in [2.45, 2.75) is 0 Å². The zero-order valence-corrected chi connectivity index (χ0v) is 10.1. The first-order chi connectivity index (χ1) is 7.50. The molecule has 1 amide bonds. The Labute approximate surface area is 100.0 Å². The number of hydrogen-bond donors (Lipinski definition) is 1. The number of rotatable bonds is 4. The molecule has 0 aliphatic heterocycles. The second-order valence-corrected chi connectivity index (χ2v) is 3.91. The number of nitrogens with zero attached hydrogens (tertiary/aromatic N) is 1. The maximum absolute atomic E-state index is 11.3. The van der Waals surface area contributed by atoms with Gasteiger partial charge < -0.3 is 15.4 Å². The minimum absolute atomic E-state index is 0.00772. The molecule has 0 aromatic heterocycles. The van der Waals surface area contributed by atoms with Crippen molar-refractivity contribution in [1.29, 1.82) is 0 Å². The molecule has 0 spiro atoms. The quantitative estimate of drug-likeness (QED) is 0.788. The summed E-state index contributed by atoms with van der Waals surface area (Å²) in [4.78, 5) is 13.1. The van der Waals surface area contributed by atoms with Crippen LogP contribution in [0.1, 0.15) is 5.56 Å². The Morgan fingerprint density at radius 2 is 2.19 bits per heavy atom. The first kappa shape index (κ1) is 12.4. The fourth-order valence-corrected chi connectivity index (χ4v) is 1.14. The number of likely N-dealkylation sites (N-methyl/N-ethyl adjacent to an activating group) is 1. The average Bonchev–Trinajstić information content (AvgIpc) is 2.26. The molecule has 0 aliphatic rings. The summed E-state index contributed by atoms with van der Waals surface area (Å²) < 4.78 is 5.31. The molecule has 1 aromatic carbocycles. The van der Waals surface area contributed by atoms with E-state index >= 15 is 0 Å². The Hall–Kier alpha value is -1.62. The molecule has 2 N–H and O–H groups in total. The summed E-state index contributed by atoms with van der Waals surface area (Å²) in [6.07, 6.45) is 0. The van der Waals surface area contributed by atoms with Crippen LogP contribution < -0.4 is 10.5 Å². The highest BCUT2D eigenvalue weighted by atomic mass is 32.1. The second kappa shape index (κ2) is 5.46. The largest absolute Gasteiger partial charge is 0.484 e. The Morgan fingerprint density at radius 1 is 1.50 bits per heavy atom. The molecule has 4 nitrogen and oxygen atoms in total. The van der Waals surface area contributed by atoms with Crippen LogP contribution in [0.4, 0.5) is 0 Å². The lowest BCUT2D eigenvalue weighted by Crippen LogP contribution is -2.27. The summed E-state index contributed by atoms with van der Waals surface area (Å²) in [7, 11) is 3.36. The van der Waals surface area contributed by atoms with E-state index in [2.05, 4.69) is 0 Å². The van der Waals surface area contributed by atoms with Gasteiger partial charge in [0.25, 0.3) is 5.91 Å². The highest BCUT2D eigenvalue weighted by Crippen LogP contribution is 2.13. The van der Waals surface area contributed by atoms with Crippen LogP contribution in [0.3, 0.4) is 0 Å². The molecule has 0 heterocycles. The molecule has 0 atom stereocenters. The topological polar surface area (TPSA) is 55.6 Å². The maximum atomic E-state index is 11.3. The summed E-state index contributed by atoms with van der Waals surface area (Å²) in [5.74, 6) is 0.487. The fraction of sp³-hybridized carbons (Fsp3) is 0.273. The predicted octanol–water partition coefficient (Wildman–Crippen LogP) is 0.788. The normalized spacial score (nSPS) is 9.62. The average molecular weight is 238 g/mol. The third kappa shape index (κ3) is 3.51. The molecule has 1 aromatic rings. The summed E-state index contributed by atoms with van der Waals surface area (Å²) in [5, 5.41) is 0. The molecule has 1 rings (SSSR count). The summed E-state index contributed by atoms with van der Waals surface area (Å²) in [6.45, 7) is 0.00772. The third-order valence-corrected chi connectivity index (χ3v) is 2.22. The number of hydrogen-bond acceptors (Lipinski definition) is 3. The van der Waals surface area contributed by atoms with E-state index < -0.39 is 0 Å². The van der Waals surface area contributed by atoms with E-state index in [-0.39, 0.29) is 12.5 Å². The zero-order valence-electron chi connectivity index (χ0n) is 9.27. The Balaban J connectivity index is 2.64. The Bertz CT molecular complexity index is 405. The number of carbonyl (C=O) groups is 1. The molecule has 0 saturated heterocycles. The van der Waals surface area contributed by atoms with E-state index in [9.17, 15) is 4.79 Å². The monoisotopic (exact) mass is 238 g/mol. The fourth-order valence-electron chi connectivity index (χ4n) is 1.01. The lowest BCUT2D eigenvalue weighted by Gasteiger charge is -2.11. The van der Waals surface area contributed by atoms with Gasteiger partial charge in [0.15, 0.2) is 6.61 Å². The first-order valence-electron chi connectivity index (χ1n) is 4.73. The van der Waals surface area contributed by atoms with Crippen molar-refractivity contribution in [3.8, 4) is 5.75 Å². The molecule has 0 fully saturated rings. The van der Waals surface area contributed by atoms with E-state index in [0.717, 1.165) is 5.56 Å². The number of thiocarbonyl (C=S) groups is 1. The third-order valence-electron chi connectivity index (χ3n) is 1.98. The Kier molecular flexibility index (Phi) is 4.25. The minimum Gasteiger partial charge on any atom is -0.484 e. The van der Waals surface area contributed by atoms with Crippen LogP contribution in [0.25, 0.3) is 0 Å². The molecule has 0 radical (unpaired) electrons. The van der Waals surface area contributed by atoms with Crippen LogP contribution in [0.2, 0.25) is 0 Å². The van der Waals surface area contributed by atoms with Crippen LogP contribution in [-0.2, 0) is 4.79 Å². The van der Waals surface area contributed by atoms with Crippen molar-refractivity contribution in [3.05, 3.63) is 29.8 Å². The van der Waals surface area contributed by atoms with E-state index in [0.29, 0.717) is 10.7 Å². The first-order valence-corrected chi connectivity index (χ1v) is 5.14. The van der Waals surface area contributed by atoms with Gasteiger partial charge in [0, 0.05) is 19.7 Å². The van der Waals surface area contributed by atoms with Gasteiger partial charge in [-0.05, 0) is 12.1 Å². The van der Waals surface area contributed by atoms with Gasteiger partial charge in [-0.1, -0.05) is 24.4 Å². The van der Waals surface area contributed by atoms with Crippen LogP contribution >= 0.6 is 12.2 Å². The van der Waals surface area contributed by atoms with Gasteiger partial charge in [0.05, 0.1) is 0 Å². The number of nitrogens with two attached hydrogens (primary N) is 1. The molecule has 5 heteroatoms. The highest BCUT2D eigenvalue weighted by molar-refractivity contribution is 7.80. The Morgan fingerprint density at radius 3 is 2.75 bits per heavy atom. The standard InChI is InChI=1S/C11H14N2O2S/c1-13(2)10(14)7-15-9-5-3-4-8(6-9)11(12)16/h3-6H,7H2,1-2H3,(H2,12,16). The van der Waals surface area contributed by atoms with Crippen molar-refractivity contribution in [2.75, 3.05) is 20.7 Å². The summed E-state index contributed by atoms with van der Waals surface area (Å²) >= 11 is 4.85. The van der Waals surface area contributed by atoms with Crippen molar-refractivity contribution in [3.63, 3.8) is 0 Å². The molecular formula is C11H14N2O2S. The number of carbonyl (C=O) groups excluding carboxylic acids is 1. The highest BCUT2D eigenvalue weighted by Gasteiger charge is 2.05.